The van der Waals surface area contributed by atoms with Crippen molar-refractivity contribution in [2.45, 2.75) is 13.5 Å². The number of carbonyl (C=O) groups is 3. The number of fused-ring (bicyclic) bond motifs is 1. The lowest BCUT2D eigenvalue weighted by molar-refractivity contribution is -0.118. The van der Waals surface area contributed by atoms with Crippen LogP contribution >= 0.6 is 0 Å². The average molecular weight is 339 g/mol. The lowest BCUT2D eigenvalue weighted by Gasteiger charge is -2.18. The number of benzene rings is 2. The maximum atomic E-state index is 12.3. The highest BCUT2D eigenvalue weighted by molar-refractivity contribution is 5.97. The Hall–Kier alpha value is -3.35. The summed E-state index contributed by atoms with van der Waals surface area (Å²) < 4.78 is 5.36. The number of hydrogen-bond donors (Lipinski definition) is 3. The molecule has 2 aromatic carbocycles. The Balaban J connectivity index is 1.64. The number of nitrogens with one attached hydrogen (secondary N) is 3. The van der Waals surface area contributed by atoms with Gasteiger partial charge in [-0.1, -0.05) is 12.1 Å². The third-order valence-electron chi connectivity index (χ3n) is 3.58. The Bertz CT molecular complexity index is 848. The molecule has 0 unspecified atom stereocenters. The van der Waals surface area contributed by atoms with Crippen molar-refractivity contribution in [3.8, 4) is 5.75 Å². The minimum absolute atomic E-state index is 0.0151. The smallest absolute Gasteiger partial charge is 0.262 e. The molecule has 0 bridgehead atoms. The number of anilines is 2. The fraction of sp³-hybridized carbons (Fsp3) is 0.167. The van der Waals surface area contributed by atoms with Crippen molar-refractivity contribution in [2.24, 2.45) is 0 Å². The van der Waals surface area contributed by atoms with Gasteiger partial charge in [-0.15, -0.1) is 0 Å². The largest absolute Gasteiger partial charge is 0.482 e. The van der Waals surface area contributed by atoms with E-state index in [1.807, 2.05) is 6.07 Å². The third-order valence-corrected chi connectivity index (χ3v) is 3.58. The van der Waals surface area contributed by atoms with E-state index >= 15 is 0 Å². The quantitative estimate of drug-likeness (QED) is 0.793. The highest BCUT2D eigenvalue weighted by Gasteiger charge is 2.16. The summed E-state index contributed by atoms with van der Waals surface area (Å²) in [6, 6.07) is 12.0. The molecule has 1 heterocycles. The van der Waals surface area contributed by atoms with Gasteiger partial charge in [0.05, 0.1) is 5.69 Å². The van der Waals surface area contributed by atoms with Crippen molar-refractivity contribution in [3.05, 3.63) is 53.6 Å². The minimum atomic E-state index is -0.251. The van der Waals surface area contributed by atoms with E-state index in [9.17, 15) is 14.4 Å². The number of ether oxygens (including phenoxy) is 1. The predicted molar refractivity (Wildman–Crippen MR) is 92.5 cm³/mol. The van der Waals surface area contributed by atoms with Crippen LogP contribution in [0, 0.1) is 0 Å². The fourth-order valence-electron chi connectivity index (χ4n) is 2.45. The van der Waals surface area contributed by atoms with E-state index in [0.29, 0.717) is 29.2 Å². The first-order valence-electron chi connectivity index (χ1n) is 7.73. The summed E-state index contributed by atoms with van der Waals surface area (Å²) in [5.41, 5.74) is 2.49. The SMILES string of the molecule is CC(=O)Nc1cccc(C(=O)NCc2ccc3c(c2)OCC(=O)N3)c1. The van der Waals surface area contributed by atoms with Gasteiger partial charge >= 0.3 is 0 Å². The van der Waals surface area contributed by atoms with E-state index in [0.717, 1.165) is 5.56 Å². The van der Waals surface area contributed by atoms with Gasteiger partial charge in [-0.25, -0.2) is 0 Å². The first-order chi connectivity index (χ1) is 12.0. The molecule has 1 aliphatic rings. The Kier molecular flexibility index (Phi) is 4.65. The molecule has 25 heavy (non-hydrogen) atoms. The zero-order chi connectivity index (χ0) is 17.8. The normalized spacial score (nSPS) is 12.4. The molecule has 0 radical (unpaired) electrons. The predicted octanol–water partition coefficient (Wildman–Crippen LogP) is 1.91. The molecule has 3 amide bonds. The van der Waals surface area contributed by atoms with Crippen molar-refractivity contribution in [1.82, 2.24) is 5.32 Å². The van der Waals surface area contributed by atoms with Crippen LogP contribution in [0.4, 0.5) is 11.4 Å². The van der Waals surface area contributed by atoms with Gasteiger partial charge in [0.25, 0.3) is 11.8 Å². The van der Waals surface area contributed by atoms with E-state index in [4.69, 9.17) is 4.74 Å². The second-order valence-corrected chi connectivity index (χ2v) is 5.61. The second-order valence-electron chi connectivity index (χ2n) is 5.61. The summed E-state index contributed by atoms with van der Waals surface area (Å²) in [4.78, 5) is 34.6. The highest BCUT2D eigenvalue weighted by Crippen LogP contribution is 2.28. The second kappa shape index (κ2) is 7.04. The van der Waals surface area contributed by atoms with Gasteiger partial charge in [0.15, 0.2) is 6.61 Å². The molecular weight excluding hydrogens is 322 g/mol. The molecule has 0 saturated carbocycles. The molecule has 128 valence electrons. The van der Waals surface area contributed by atoms with Crippen molar-refractivity contribution < 1.29 is 19.1 Å². The lowest BCUT2D eigenvalue weighted by atomic mass is 10.1. The molecule has 0 aromatic heterocycles. The first-order valence-corrected chi connectivity index (χ1v) is 7.73. The summed E-state index contributed by atoms with van der Waals surface area (Å²) in [5.74, 6) is -0.0514. The Morgan fingerprint density at radius 3 is 2.84 bits per heavy atom. The molecule has 7 nitrogen and oxygen atoms in total. The summed E-state index contributed by atoms with van der Waals surface area (Å²) in [6.45, 7) is 1.71. The van der Waals surface area contributed by atoms with Crippen LogP contribution in [0.3, 0.4) is 0 Å². The summed E-state index contributed by atoms with van der Waals surface area (Å²) in [7, 11) is 0. The van der Waals surface area contributed by atoms with E-state index < -0.39 is 0 Å². The van der Waals surface area contributed by atoms with Crippen LogP contribution in [0.25, 0.3) is 0 Å². The van der Waals surface area contributed by atoms with Crippen LogP contribution in [-0.2, 0) is 16.1 Å². The van der Waals surface area contributed by atoms with E-state index in [1.165, 1.54) is 6.92 Å². The number of rotatable bonds is 4. The van der Waals surface area contributed by atoms with Gasteiger partial charge in [-0.2, -0.15) is 0 Å². The van der Waals surface area contributed by atoms with Crippen LogP contribution in [0.5, 0.6) is 5.75 Å². The number of hydrogen-bond acceptors (Lipinski definition) is 4. The van der Waals surface area contributed by atoms with Gasteiger partial charge in [0, 0.05) is 24.7 Å². The highest BCUT2D eigenvalue weighted by atomic mass is 16.5. The number of amides is 3. The van der Waals surface area contributed by atoms with Crippen molar-refractivity contribution in [3.63, 3.8) is 0 Å². The Morgan fingerprint density at radius 2 is 2.04 bits per heavy atom. The van der Waals surface area contributed by atoms with Gasteiger partial charge < -0.3 is 20.7 Å². The van der Waals surface area contributed by atoms with E-state index in [1.54, 1.807) is 36.4 Å². The van der Waals surface area contributed by atoms with E-state index in [-0.39, 0.29) is 24.3 Å². The van der Waals surface area contributed by atoms with Crippen molar-refractivity contribution >= 4 is 29.1 Å². The summed E-state index contributed by atoms with van der Waals surface area (Å²) >= 11 is 0. The van der Waals surface area contributed by atoms with Gasteiger partial charge in [-0.3, -0.25) is 14.4 Å². The topological polar surface area (TPSA) is 96.5 Å². The van der Waals surface area contributed by atoms with Gasteiger partial charge in [0.1, 0.15) is 5.75 Å². The van der Waals surface area contributed by atoms with Crippen LogP contribution in [-0.4, -0.2) is 24.3 Å². The summed E-state index contributed by atoms with van der Waals surface area (Å²) in [5, 5.41) is 8.17. The molecule has 3 rings (SSSR count). The fourth-order valence-corrected chi connectivity index (χ4v) is 2.45. The van der Waals surface area contributed by atoms with Crippen LogP contribution < -0.4 is 20.7 Å². The minimum Gasteiger partial charge on any atom is -0.482 e. The molecule has 0 aliphatic carbocycles. The van der Waals surface area contributed by atoms with Gasteiger partial charge in [0.2, 0.25) is 5.91 Å². The monoisotopic (exact) mass is 339 g/mol. The zero-order valence-corrected chi connectivity index (χ0v) is 13.6. The number of carbonyl (C=O) groups excluding carboxylic acids is 3. The summed E-state index contributed by atoms with van der Waals surface area (Å²) in [6.07, 6.45) is 0. The van der Waals surface area contributed by atoms with Crippen LogP contribution in [0.15, 0.2) is 42.5 Å². The molecule has 7 heteroatoms. The standard InChI is InChI=1S/C18H17N3O4/c1-11(22)20-14-4-2-3-13(8-14)18(24)19-9-12-5-6-15-16(7-12)25-10-17(23)21-15/h2-8H,9-10H2,1H3,(H,19,24)(H,20,22)(H,21,23). The molecular formula is C18H17N3O4. The maximum Gasteiger partial charge on any atom is 0.262 e. The van der Waals surface area contributed by atoms with Crippen LogP contribution in [0.2, 0.25) is 0 Å². The molecule has 0 saturated heterocycles. The molecule has 1 aliphatic heterocycles. The molecule has 0 atom stereocenters. The molecule has 2 aromatic rings. The molecule has 0 spiro atoms. The van der Waals surface area contributed by atoms with Crippen molar-refractivity contribution in [2.75, 3.05) is 17.2 Å². The molecule has 0 fully saturated rings. The molecule has 3 N–H and O–H groups in total. The first kappa shape index (κ1) is 16.5. The Morgan fingerprint density at radius 1 is 1.20 bits per heavy atom. The Labute approximate surface area is 144 Å². The zero-order valence-electron chi connectivity index (χ0n) is 13.6. The van der Waals surface area contributed by atoms with Gasteiger partial charge in [-0.05, 0) is 35.9 Å². The van der Waals surface area contributed by atoms with E-state index in [2.05, 4.69) is 16.0 Å². The van der Waals surface area contributed by atoms with Crippen LogP contribution in [0.1, 0.15) is 22.8 Å². The third kappa shape index (κ3) is 4.14. The lowest BCUT2D eigenvalue weighted by Crippen LogP contribution is -2.26. The maximum absolute atomic E-state index is 12.3. The van der Waals surface area contributed by atoms with Crippen molar-refractivity contribution in [1.29, 1.82) is 0 Å². The average Bonchev–Trinajstić information content (AvgIpc) is 2.59.